The first-order valence-corrected chi connectivity index (χ1v) is 5.26. The number of carbonyl (C=O) groups excluding carboxylic acids is 2. The van der Waals surface area contributed by atoms with Gasteiger partial charge in [-0.15, -0.1) is 0 Å². The molecule has 0 saturated carbocycles. The maximum absolute atomic E-state index is 11.8. The fraction of sp³-hybridized carbons (Fsp3) is 0.800. The summed E-state index contributed by atoms with van der Waals surface area (Å²) in [4.78, 5) is 24.3. The topological polar surface area (TPSA) is 110 Å². The molecule has 2 unspecified atom stereocenters. The summed E-state index contributed by atoms with van der Waals surface area (Å²) < 4.78 is 0. The minimum absolute atomic E-state index is 0.128. The molecule has 1 fully saturated rings. The van der Waals surface area contributed by atoms with Crippen molar-refractivity contribution in [3.05, 3.63) is 0 Å². The number of nitrogens with two attached hydrogens (primary N) is 2. The van der Waals surface area contributed by atoms with E-state index in [2.05, 4.69) is 0 Å². The molecule has 92 valence electrons. The molecule has 1 rings (SSSR count). The SMILES string of the molecule is CC(C)(N)CC(=O)N1CC(O)CC1C(N)=O. The van der Waals surface area contributed by atoms with Crippen molar-refractivity contribution in [2.24, 2.45) is 11.5 Å². The Morgan fingerprint density at radius 1 is 1.50 bits per heavy atom. The lowest BCUT2D eigenvalue weighted by molar-refractivity contribution is -0.138. The molecule has 0 aromatic carbocycles. The van der Waals surface area contributed by atoms with Gasteiger partial charge in [0, 0.05) is 24.9 Å². The molecular formula is C10H19N3O3. The van der Waals surface area contributed by atoms with E-state index in [-0.39, 0.29) is 25.3 Å². The number of likely N-dealkylation sites (tertiary alicyclic amines) is 1. The number of β-amino-alcohol motifs (C(OH)–C–C–N with tert-alkyl or cyclic N) is 1. The van der Waals surface area contributed by atoms with E-state index in [0.29, 0.717) is 0 Å². The molecule has 1 aliphatic heterocycles. The van der Waals surface area contributed by atoms with Crippen LogP contribution in [0.4, 0.5) is 0 Å². The van der Waals surface area contributed by atoms with Gasteiger partial charge >= 0.3 is 0 Å². The highest BCUT2D eigenvalue weighted by Gasteiger charge is 2.38. The quantitative estimate of drug-likeness (QED) is 0.550. The zero-order valence-electron chi connectivity index (χ0n) is 9.64. The van der Waals surface area contributed by atoms with Gasteiger partial charge < -0.3 is 21.5 Å². The van der Waals surface area contributed by atoms with Crippen molar-refractivity contribution in [3.63, 3.8) is 0 Å². The van der Waals surface area contributed by atoms with E-state index in [1.807, 2.05) is 0 Å². The third-order valence-corrected chi connectivity index (χ3v) is 2.53. The highest BCUT2D eigenvalue weighted by Crippen LogP contribution is 2.20. The molecule has 5 N–H and O–H groups in total. The van der Waals surface area contributed by atoms with Crippen LogP contribution in [0.5, 0.6) is 0 Å². The predicted molar refractivity (Wildman–Crippen MR) is 58.2 cm³/mol. The fourth-order valence-corrected chi connectivity index (χ4v) is 1.85. The Labute approximate surface area is 94.6 Å². The molecule has 1 aliphatic rings. The van der Waals surface area contributed by atoms with Crippen LogP contribution in [0.25, 0.3) is 0 Å². The molecule has 2 atom stereocenters. The summed E-state index contributed by atoms with van der Waals surface area (Å²) in [6, 6.07) is -0.704. The standard InChI is InChI=1S/C10H19N3O3/c1-10(2,12)4-8(15)13-5-6(14)3-7(13)9(11)16/h6-7,14H,3-5,12H2,1-2H3,(H2,11,16). The highest BCUT2D eigenvalue weighted by molar-refractivity contribution is 5.87. The summed E-state index contributed by atoms with van der Waals surface area (Å²) >= 11 is 0. The number of primary amides is 1. The number of rotatable bonds is 3. The van der Waals surface area contributed by atoms with E-state index in [1.165, 1.54) is 4.90 Å². The number of aliphatic hydroxyl groups is 1. The van der Waals surface area contributed by atoms with E-state index < -0.39 is 23.6 Å². The van der Waals surface area contributed by atoms with Crippen LogP contribution in [0, 0.1) is 0 Å². The fourth-order valence-electron chi connectivity index (χ4n) is 1.85. The summed E-state index contributed by atoms with van der Waals surface area (Å²) in [5.41, 5.74) is 10.3. The third-order valence-electron chi connectivity index (χ3n) is 2.53. The van der Waals surface area contributed by atoms with Crippen molar-refractivity contribution in [2.45, 2.75) is 44.4 Å². The minimum Gasteiger partial charge on any atom is -0.391 e. The van der Waals surface area contributed by atoms with Crippen molar-refractivity contribution < 1.29 is 14.7 Å². The van der Waals surface area contributed by atoms with Gasteiger partial charge in [-0.25, -0.2) is 0 Å². The summed E-state index contributed by atoms with van der Waals surface area (Å²) in [7, 11) is 0. The van der Waals surface area contributed by atoms with Crippen LogP contribution >= 0.6 is 0 Å². The van der Waals surface area contributed by atoms with E-state index in [1.54, 1.807) is 13.8 Å². The zero-order chi connectivity index (χ0) is 12.5. The molecule has 16 heavy (non-hydrogen) atoms. The van der Waals surface area contributed by atoms with Crippen molar-refractivity contribution in [3.8, 4) is 0 Å². The lowest BCUT2D eigenvalue weighted by Crippen LogP contribution is -2.47. The maximum Gasteiger partial charge on any atom is 0.240 e. The number of hydrogen-bond acceptors (Lipinski definition) is 4. The van der Waals surface area contributed by atoms with Crippen molar-refractivity contribution in [1.82, 2.24) is 4.90 Å². The minimum atomic E-state index is -0.704. The van der Waals surface area contributed by atoms with Gasteiger partial charge in [-0.05, 0) is 13.8 Å². The Balaban J connectivity index is 2.71. The average Bonchev–Trinajstić information content (AvgIpc) is 2.44. The van der Waals surface area contributed by atoms with E-state index in [4.69, 9.17) is 11.5 Å². The van der Waals surface area contributed by atoms with Crippen LogP contribution in [0.3, 0.4) is 0 Å². The highest BCUT2D eigenvalue weighted by atomic mass is 16.3. The molecule has 0 radical (unpaired) electrons. The molecule has 0 aromatic rings. The Hall–Kier alpha value is -1.14. The first kappa shape index (κ1) is 12.9. The normalized spacial score (nSPS) is 25.9. The average molecular weight is 229 g/mol. The van der Waals surface area contributed by atoms with Gasteiger partial charge in [0.15, 0.2) is 0 Å². The van der Waals surface area contributed by atoms with Crippen LogP contribution in [0.1, 0.15) is 26.7 Å². The second-order valence-corrected chi connectivity index (χ2v) is 5.02. The smallest absolute Gasteiger partial charge is 0.240 e. The second kappa shape index (κ2) is 4.39. The van der Waals surface area contributed by atoms with Gasteiger partial charge in [0.1, 0.15) is 6.04 Å². The second-order valence-electron chi connectivity index (χ2n) is 5.02. The maximum atomic E-state index is 11.8. The van der Waals surface area contributed by atoms with Gasteiger partial charge in [-0.3, -0.25) is 9.59 Å². The number of nitrogens with zero attached hydrogens (tertiary/aromatic N) is 1. The molecule has 0 bridgehead atoms. The van der Waals surface area contributed by atoms with Crippen molar-refractivity contribution in [1.29, 1.82) is 0 Å². The third kappa shape index (κ3) is 3.18. The Morgan fingerprint density at radius 2 is 2.06 bits per heavy atom. The molecule has 0 aromatic heterocycles. The molecule has 0 spiro atoms. The van der Waals surface area contributed by atoms with Gasteiger partial charge in [0.05, 0.1) is 6.10 Å². The molecule has 2 amide bonds. The van der Waals surface area contributed by atoms with Crippen molar-refractivity contribution in [2.75, 3.05) is 6.54 Å². The van der Waals surface area contributed by atoms with Crippen LogP contribution in [0.15, 0.2) is 0 Å². The van der Waals surface area contributed by atoms with E-state index in [0.717, 1.165) is 0 Å². The summed E-state index contributed by atoms with van der Waals surface area (Å²) in [6.45, 7) is 3.62. The first-order valence-electron chi connectivity index (χ1n) is 5.26. The lowest BCUT2D eigenvalue weighted by Gasteiger charge is -2.26. The van der Waals surface area contributed by atoms with Crippen molar-refractivity contribution >= 4 is 11.8 Å². The molecule has 6 nitrogen and oxygen atoms in total. The monoisotopic (exact) mass is 229 g/mol. The van der Waals surface area contributed by atoms with Crippen LogP contribution in [0.2, 0.25) is 0 Å². The number of carbonyl (C=O) groups is 2. The summed E-state index contributed by atoms with van der Waals surface area (Å²) in [6.07, 6.45) is -0.336. The number of aliphatic hydroxyl groups excluding tert-OH is 1. The van der Waals surface area contributed by atoms with E-state index >= 15 is 0 Å². The Morgan fingerprint density at radius 3 is 2.50 bits per heavy atom. The molecule has 1 saturated heterocycles. The zero-order valence-corrected chi connectivity index (χ0v) is 9.64. The largest absolute Gasteiger partial charge is 0.391 e. The Bertz CT molecular complexity index is 298. The molecule has 0 aliphatic carbocycles. The van der Waals surface area contributed by atoms with Crippen LogP contribution < -0.4 is 11.5 Å². The number of amides is 2. The first-order chi connectivity index (χ1) is 7.20. The molecule has 1 heterocycles. The summed E-state index contributed by atoms with van der Waals surface area (Å²) in [5.74, 6) is -0.826. The van der Waals surface area contributed by atoms with Crippen LogP contribution in [-0.4, -0.2) is 46.1 Å². The molecule has 6 heteroatoms. The predicted octanol–water partition coefficient (Wildman–Crippen LogP) is -1.44. The summed E-state index contributed by atoms with van der Waals surface area (Å²) in [5, 5.41) is 9.43. The van der Waals surface area contributed by atoms with Gasteiger partial charge in [-0.2, -0.15) is 0 Å². The van der Waals surface area contributed by atoms with Gasteiger partial charge in [0.25, 0.3) is 0 Å². The van der Waals surface area contributed by atoms with Crippen LogP contribution in [-0.2, 0) is 9.59 Å². The van der Waals surface area contributed by atoms with E-state index in [9.17, 15) is 14.7 Å². The number of hydrogen-bond donors (Lipinski definition) is 3. The van der Waals surface area contributed by atoms with Gasteiger partial charge in [0.2, 0.25) is 11.8 Å². The molecular weight excluding hydrogens is 210 g/mol. The lowest BCUT2D eigenvalue weighted by atomic mass is 10.0. The Kier molecular flexibility index (Phi) is 3.54. The van der Waals surface area contributed by atoms with Gasteiger partial charge in [-0.1, -0.05) is 0 Å².